The Hall–Kier alpha value is -1.98. The van der Waals surface area contributed by atoms with Crippen LogP contribution >= 0.6 is 12.2 Å². The van der Waals surface area contributed by atoms with Crippen LogP contribution < -0.4 is 5.32 Å². The van der Waals surface area contributed by atoms with Crippen LogP contribution in [0.25, 0.3) is 0 Å². The molecule has 2 aromatic rings. The summed E-state index contributed by atoms with van der Waals surface area (Å²) in [4.78, 5) is 8.90. The van der Waals surface area contributed by atoms with Crippen molar-refractivity contribution in [2.75, 3.05) is 31.5 Å². The summed E-state index contributed by atoms with van der Waals surface area (Å²) >= 11 is 5.60. The van der Waals surface area contributed by atoms with Crippen LogP contribution in [0.15, 0.2) is 42.7 Å². The molecule has 0 saturated carbocycles. The molecule has 1 fully saturated rings. The number of nitrogens with zero attached hydrogens (tertiary/aromatic N) is 3. The Balaban J connectivity index is 1.51. The van der Waals surface area contributed by atoms with E-state index in [4.69, 9.17) is 12.2 Å². The van der Waals surface area contributed by atoms with Gasteiger partial charge in [0.05, 0.1) is 0 Å². The van der Waals surface area contributed by atoms with Gasteiger partial charge in [0, 0.05) is 50.8 Å². The second-order valence-corrected chi connectivity index (χ2v) is 6.76. The smallest absolute Gasteiger partial charge is 0.173 e. The topological polar surface area (TPSA) is 31.4 Å². The van der Waals surface area contributed by atoms with E-state index in [1.54, 1.807) is 0 Å². The van der Waals surface area contributed by atoms with E-state index in [1.807, 2.05) is 18.5 Å². The molecule has 0 aliphatic carbocycles. The average molecular weight is 340 g/mol. The highest BCUT2D eigenvalue weighted by Gasteiger charge is 2.19. The third-order valence-corrected chi connectivity index (χ3v) is 4.77. The first kappa shape index (κ1) is 16.9. The first-order valence-electron chi connectivity index (χ1n) is 8.36. The molecule has 1 aromatic heterocycles. The third-order valence-electron chi connectivity index (χ3n) is 4.41. The predicted molar refractivity (Wildman–Crippen MR) is 103 cm³/mol. The van der Waals surface area contributed by atoms with E-state index in [-0.39, 0.29) is 0 Å². The lowest BCUT2D eigenvalue weighted by molar-refractivity contribution is 0.177. The minimum absolute atomic E-state index is 0.822. The van der Waals surface area contributed by atoms with Crippen molar-refractivity contribution in [2.24, 2.45) is 0 Å². The average Bonchev–Trinajstić information content (AvgIpc) is 2.59. The van der Waals surface area contributed by atoms with Gasteiger partial charge < -0.3 is 10.2 Å². The number of hydrogen-bond acceptors (Lipinski definition) is 3. The Bertz CT molecular complexity index is 694. The Labute approximate surface area is 149 Å². The van der Waals surface area contributed by atoms with Crippen molar-refractivity contribution in [3.05, 3.63) is 59.4 Å². The van der Waals surface area contributed by atoms with Crippen molar-refractivity contribution in [2.45, 2.75) is 20.4 Å². The number of pyridine rings is 1. The fourth-order valence-electron chi connectivity index (χ4n) is 3.01. The van der Waals surface area contributed by atoms with Crippen LogP contribution in [-0.4, -0.2) is 46.1 Å². The lowest BCUT2D eigenvalue weighted by atomic mass is 10.1. The van der Waals surface area contributed by atoms with E-state index < -0.39 is 0 Å². The standard InChI is InChI=1S/C19H24N4S/c1-15-5-6-18(16(2)12-15)21-19(24)23-10-8-22(9-11-23)14-17-4-3-7-20-13-17/h3-7,12-13H,8-11,14H2,1-2H3,(H,21,24). The first-order chi connectivity index (χ1) is 11.6. The molecule has 0 amide bonds. The van der Waals surface area contributed by atoms with Gasteiger partial charge in [0.15, 0.2) is 5.11 Å². The number of piperazine rings is 1. The lowest BCUT2D eigenvalue weighted by Crippen LogP contribution is -2.49. The summed E-state index contributed by atoms with van der Waals surface area (Å²) < 4.78 is 0. The largest absolute Gasteiger partial charge is 0.346 e. The molecule has 0 spiro atoms. The van der Waals surface area contributed by atoms with E-state index >= 15 is 0 Å². The van der Waals surface area contributed by atoms with Crippen LogP contribution in [-0.2, 0) is 6.54 Å². The number of hydrogen-bond donors (Lipinski definition) is 1. The maximum absolute atomic E-state index is 5.60. The van der Waals surface area contributed by atoms with E-state index in [0.29, 0.717) is 0 Å². The molecule has 4 nitrogen and oxygen atoms in total. The van der Waals surface area contributed by atoms with Crippen LogP contribution in [0.4, 0.5) is 5.69 Å². The normalized spacial score (nSPS) is 15.3. The Morgan fingerprint density at radius 3 is 2.62 bits per heavy atom. The number of aromatic nitrogens is 1. The Kier molecular flexibility index (Phi) is 5.43. The Morgan fingerprint density at radius 2 is 1.96 bits per heavy atom. The van der Waals surface area contributed by atoms with E-state index in [0.717, 1.165) is 43.5 Å². The predicted octanol–water partition coefficient (Wildman–Crippen LogP) is 3.21. The van der Waals surface area contributed by atoms with E-state index in [9.17, 15) is 0 Å². The second-order valence-electron chi connectivity index (χ2n) is 6.37. The van der Waals surface area contributed by atoms with Crippen molar-refractivity contribution in [1.29, 1.82) is 0 Å². The molecule has 3 rings (SSSR count). The number of nitrogens with one attached hydrogen (secondary N) is 1. The monoisotopic (exact) mass is 340 g/mol. The zero-order valence-electron chi connectivity index (χ0n) is 14.3. The highest BCUT2D eigenvalue weighted by atomic mass is 32.1. The lowest BCUT2D eigenvalue weighted by Gasteiger charge is -2.36. The van der Waals surface area contributed by atoms with Gasteiger partial charge in [0.1, 0.15) is 0 Å². The van der Waals surface area contributed by atoms with Gasteiger partial charge in [0.2, 0.25) is 0 Å². The zero-order valence-corrected chi connectivity index (χ0v) is 15.1. The summed E-state index contributed by atoms with van der Waals surface area (Å²) in [6.45, 7) is 9.13. The van der Waals surface area contributed by atoms with Crippen molar-refractivity contribution in [1.82, 2.24) is 14.8 Å². The molecule has 1 saturated heterocycles. The van der Waals surface area contributed by atoms with E-state index in [1.165, 1.54) is 16.7 Å². The summed E-state index contributed by atoms with van der Waals surface area (Å²) in [5.41, 5.74) is 4.87. The van der Waals surface area contributed by atoms with Gasteiger partial charge in [-0.05, 0) is 49.3 Å². The molecule has 0 unspecified atom stereocenters. The van der Waals surface area contributed by atoms with Crippen LogP contribution in [0, 0.1) is 13.8 Å². The minimum atomic E-state index is 0.822. The van der Waals surface area contributed by atoms with Gasteiger partial charge in [-0.25, -0.2) is 0 Å². The number of benzene rings is 1. The van der Waals surface area contributed by atoms with Gasteiger partial charge in [-0.3, -0.25) is 9.88 Å². The fraction of sp³-hybridized carbons (Fsp3) is 0.368. The van der Waals surface area contributed by atoms with E-state index in [2.05, 4.69) is 58.2 Å². The molecule has 1 N–H and O–H groups in total. The minimum Gasteiger partial charge on any atom is -0.346 e. The quantitative estimate of drug-likeness (QED) is 0.867. The summed E-state index contributed by atoms with van der Waals surface area (Å²) in [7, 11) is 0. The maximum atomic E-state index is 5.60. The molecule has 0 bridgehead atoms. The van der Waals surface area contributed by atoms with Crippen molar-refractivity contribution in [3.8, 4) is 0 Å². The summed E-state index contributed by atoms with van der Waals surface area (Å²) in [5.74, 6) is 0. The molecule has 5 heteroatoms. The number of rotatable bonds is 3. The molecule has 2 heterocycles. The molecule has 126 valence electrons. The van der Waals surface area contributed by atoms with Crippen molar-refractivity contribution in [3.63, 3.8) is 0 Å². The molecular weight excluding hydrogens is 316 g/mol. The zero-order chi connectivity index (χ0) is 16.9. The molecular formula is C19H24N4S. The summed E-state index contributed by atoms with van der Waals surface area (Å²) in [5, 5.41) is 4.22. The van der Waals surface area contributed by atoms with Crippen molar-refractivity contribution >= 4 is 23.0 Å². The van der Waals surface area contributed by atoms with Gasteiger partial charge in [0.25, 0.3) is 0 Å². The number of thiocarbonyl (C=S) groups is 1. The molecule has 1 aliphatic heterocycles. The number of anilines is 1. The molecule has 24 heavy (non-hydrogen) atoms. The summed E-state index contributed by atoms with van der Waals surface area (Å²) in [6.07, 6.45) is 3.76. The molecule has 1 aromatic carbocycles. The van der Waals surface area contributed by atoms with Crippen LogP contribution in [0.2, 0.25) is 0 Å². The molecule has 1 aliphatic rings. The summed E-state index contributed by atoms with van der Waals surface area (Å²) in [6, 6.07) is 10.5. The SMILES string of the molecule is Cc1ccc(NC(=S)N2CCN(Cc3cccnc3)CC2)c(C)c1. The highest BCUT2D eigenvalue weighted by molar-refractivity contribution is 7.80. The van der Waals surface area contributed by atoms with Gasteiger partial charge >= 0.3 is 0 Å². The second kappa shape index (κ2) is 7.73. The molecule has 0 radical (unpaired) electrons. The highest BCUT2D eigenvalue weighted by Crippen LogP contribution is 2.17. The number of aryl methyl sites for hydroxylation is 2. The van der Waals surface area contributed by atoms with Gasteiger partial charge in [-0.2, -0.15) is 0 Å². The van der Waals surface area contributed by atoms with Crippen LogP contribution in [0.5, 0.6) is 0 Å². The Morgan fingerprint density at radius 1 is 1.17 bits per heavy atom. The third kappa shape index (κ3) is 4.30. The van der Waals surface area contributed by atoms with Crippen molar-refractivity contribution < 1.29 is 0 Å². The maximum Gasteiger partial charge on any atom is 0.173 e. The first-order valence-corrected chi connectivity index (χ1v) is 8.77. The van der Waals surface area contributed by atoms with Crippen LogP contribution in [0.3, 0.4) is 0 Å². The van der Waals surface area contributed by atoms with Gasteiger partial charge in [-0.15, -0.1) is 0 Å². The molecule has 0 atom stereocenters. The van der Waals surface area contributed by atoms with Gasteiger partial charge in [-0.1, -0.05) is 23.8 Å². The fourth-order valence-corrected chi connectivity index (χ4v) is 3.30. The van der Waals surface area contributed by atoms with Crippen LogP contribution in [0.1, 0.15) is 16.7 Å².